The lowest BCUT2D eigenvalue weighted by Crippen LogP contribution is -2.05. The summed E-state index contributed by atoms with van der Waals surface area (Å²) >= 11 is 0. The fourth-order valence-corrected chi connectivity index (χ4v) is 10.0. The van der Waals surface area contributed by atoms with Gasteiger partial charge in [0.2, 0.25) is 0 Å². The van der Waals surface area contributed by atoms with E-state index in [1.807, 2.05) is 6.07 Å². The smallest absolute Gasteiger partial charge is 0.155 e. The van der Waals surface area contributed by atoms with Crippen molar-refractivity contribution in [2.24, 2.45) is 9.98 Å². The SMILES string of the molecule is CCCc1ccccc1C1=C(C)C(c2ccc3c(c2)-c2cccc(-c4ccc(-c5ccc(-c6ccc(C(N=C(C)c7ccccc7)=NCC7=CCCC=C7)cc6)cc5)cc4)c2C3)=CCC1. The van der Waals surface area contributed by atoms with Crippen LogP contribution in [0.5, 0.6) is 0 Å². The lowest BCUT2D eigenvalue weighted by atomic mass is 9.82. The predicted molar refractivity (Wildman–Crippen MR) is 278 cm³/mol. The zero-order valence-electron chi connectivity index (χ0n) is 37.9. The van der Waals surface area contributed by atoms with Crippen LogP contribution in [0.2, 0.25) is 0 Å². The number of nitrogens with zero attached hydrogens (tertiary/aromatic N) is 2. The molecule has 0 N–H and O–H groups in total. The number of allylic oxidation sites excluding steroid dienone is 6. The molecule has 7 aromatic carbocycles. The van der Waals surface area contributed by atoms with Gasteiger partial charge in [0.1, 0.15) is 0 Å². The van der Waals surface area contributed by atoms with Crippen LogP contribution in [-0.4, -0.2) is 18.1 Å². The number of rotatable bonds is 11. The molecular formula is C63H56N2. The summed E-state index contributed by atoms with van der Waals surface area (Å²) in [5, 5.41) is 0. The highest BCUT2D eigenvalue weighted by Gasteiger charge is 2.24. The molecule has 2 nitrogen and oxygen atoms in total. The zero-order valence-corrected chi connectivity index (χ0v) is 37.9. The first-order chi connectivity index (χ1) is 32.0. The lowest BCUT2D eigenvalue weighted by molar-refractivity contribution is 0.913. The van der Waals surface area contributed by atoms with Crippen molar-refractivity contribution < 1.29 is 0 Å². The molecule has 0 heterocycles. The molecular weight excluding hydrogens is 785 g/mol. The average molecular weight is 841 g/mol. The summed E-state index contributed by atoms with van der Waals surface area (Å²) in [5.74, 6) is 0.759. The van der Waals surface area contributed by atoms with Crippen LogP contribution < -0.4 is 0 Å². The molecule has 0 unspecified atom stereocenters. The molecule has 2 heteroatoms. The molecule has 0 aromatic heterocycles. The maximum atomic E-state index is 5.05. The van der Waals surface area contributed by atoms with Gasteiger partial charge in [0.25, 0.3) is 0 Å². The summed E-state index contributed by atoms with van der Waals surface area (Å²) in [5.41, 5.74) is 25.8. The van der Waals surface area contributed by atoms with Crippen molar-refractivity contribution in [3.63, 3.8) is 0 Å². The predicted octanol–water partition coefficient (Wildman–Crippen LogP) is 16.4. The van der Waals surface area contributed by atoms with Gasteiger partial charge in [-0.3, -0.25) is 4.99 Å². The van der Waals surface area contributed by atoms with E-state index < -0.39 is 0 Å². The van der Waals surface area contributed by atoms with Crippen molar-refractivity contribution in [3.05, 3.63) is 238 Å². The summed E-state index contributed by atoms with van der Waals surface area (Å²) in [6.45, 7) is 7.30. The Morgan fingerprint density at radius 3 is 1.91 bits per heavy atom. The molecule has 0 bridgehead atoms. The van der Waals surface area contributed by atoms with E-state index in [4.69, 9.17) is 9.98 Å². The van der Waals surface area contributed by atoms with Crippen molar-refractivity contribution in [1.29, 1.82) is 0 Å². The molecule has 0 fully saturated rings. The minimum absolute atomic E-state index is 0.623. The van der Waals surface area contributed by atoms with E-state index in [9.17, 15) is 0 Å². The maximum Gasteiger partial charge on any atom is 0.155 e. The number of hydrogen-bond donors (Lipinski definition) is 0. The zero-order chi connectivity index (χ0) is 44.1. The first kappa shape index (κ1) is 41.8. The van der Waals surface area contributed by atoms with Crippen molar-refractivity contribution in [2.75, 3.05) is 6.54 Å². The van der Waals surface area contributed by atoms with Crippen LogP contribution in [0.4, 0.5) is 0 Å². The molecule has 3 aliphatic rings. The van der Waals surface area contributed by atoms with E-state index >= 15 is 0 Å². The van der Waals surface area contributed by atoms with E-state index in [2.05, 4.69) is 203 Å². The Hall–Kier alpha value is -7.16. The molecule has 0 spiro atoms. The largest absolute Gasteiger partial charge is 0.261 e. The number of aliphatic imine (C=N–C) groups is 2. The lowest BCUT2D eigenvalue weighted by Gasteiger charge is -2.22. The van der Waals surface area contributed by atoms with Gasteiger partial charge in [0.05, 0.1) is 6.54 Å². The van der Waals surface area contributed by atoms with Crippen LogP contribution in [0.3, 0.4) is 0 Å². The van der Waals surface area contributed by atoms with Crippen LogP contribution in [-0.2, 0) is 12.8 Å². The highest BCUT2D eigenvalue weighted by atomic mass is 14.9. The molecule has 10 rings (SSSR count). The van der Waals surface area contributed by atoms with Crippen LogP contribution in [0.1, 0.15) is 91.8 Å². The number of aryl methyl sites for hydroxylation is 1. The molecule has 0 amide bonds. The Morgan fingerprint density at radius 2 is 1.20 bits per heavy atom. The summed E-state index contributed by atoms with van der Waals surface area (Å²) < 4.78 is 0. The van der Waals surface area contributed by atoms with E-state index in [0.717, 1.165) is 67.6 Å². The maximum absolute atomic E-state index is 5.05. The molecule has 3 aliphatic carbocycles. The molecule has 0 radical (unpaired) electrons. The summed E-state index contributed by atoms with van der Waals surface area (Å²) in [6.07, 6.45) is 16.8. The monoisotopic (exact) mass is 840 g/mol. The molecule has 65 heavy (non-hydrogen) atoms. The van der Waals surface area contributed by atoms with E-state index in [0.29, 0.717) is 6.54 Å². The second kappa shape index (κ2) is 18.9. The van der Waals surface area contributed by atoms with Gasteiger partial charge in [-0.05, 0) is 159 Å². The van der Waals surface area contributed by atoms with Crippen LogP contribution in [0, 0.1) is 0 Å². The minimum Gasteiger partial charge on any atom is -0.261 e. The normalized spacial score (nSPS) is 14.8. The van der Waals surface area contributed by atoms with Gasteiger partial charge >= 0.3 is 0 Å². The fourth-order valence-electron chi connectivity index (χ4n) is 10.0. The number of hydrogen-bond acceptors (Lipinski definition) is 1. The molecule has 0 aliphatic heterocycles. The topological polar surface area (TPSA) is 24.7 Å². The van der Waals surface area contributed by atoms with Gasteiger partial charge < -0.3 is 0 Å². The van der Waals surface area contributed by atoms with Gasteiger partial charge in [-0.25, -0.2) is 4.99 Å². The summed E-state index contributed by atoms with van der Waals surface area (Å²) in [4.78, 5) is 10.1. The Bertz CT molecular complexity index is 3060. The number of amidine groups is 1. The highest BCUT2D eigenvalue weighted by molar-refractivity contribution is 6.11. The van der Waals surface area contributed by atoms with Crippen LogP contribution >= 0.6 is 0 Å². The Kier molecular flexibility index (Phi) is 12.2. The third kappa shape index (κ3) is 8.87. The standard InChI is InChI=1S/C63H56N2/c1-4-15-51-20-11-12-21-58(51)57-23-13-22-56(43(57)2)54-38-39-55-41-62-59(24-14-25-60(62)61(55)40-54)52-34-30-49(31-35-52)47-26-28-48(29-27-47)50-32-36-53(37-33-50)63(64-42-45-16-7-5-8-17-45)65-44(3)46-18-9-6-10-19-46/h6-7,9-12,14,16-22,24-40H,4-5,8,13,15,23,41-42H2,1-3H3. The van der Waals surface area contributed by atoms with Gasteiger partial charge in [-0.1, -0.05) is 195 Å². The van der Waals surface area contributed by atoms with E-state index in [-0.39, 0.29) is 0 Å². The third-order valence-electron chi connectivity index (χ3n) is 13.6. The van der Waals surface area contributed by atoms with Crippen LogP contribution in [0.25, 0.3) is 55.7 Å². The van der Waals surface area contributed by atoms with Crippen molar-refractivity contribution in [2.45, 2.75) is 65.7 Å². The van der Waals surface area contributed by atoms with Gasteiger partial charge in [-0.15, -0.1) is 0 Å². The highest BCUT2D eigenvalue weighted by Crippen LogP contribution is 2.45. The first-order valence-electron chi connectivity index (χ1n) is 23.6. The van der Waals surface area contributed by atoms with Gasteiger partial charge in [0, 0.05) is 11.3 Å². The average Bonchev–Trinajstić information content (AvgIpc) is 3.75. The summed E-state index contributed by atoms with van der Waals surface area (Å²) in [6, 6.07) is 60.2. The Labute approximate surface area is 385 Å². The Balaban J connectivity index is 0.858. The van der Waals surface area contributed by atoms with Crippen molar-refractivity contribution in [3.8, 4) is 44.5 Å². The minimum atomic E-state index is 0.623. The Morgan fingerprint density at radius 1 is 0.554 bits per heavy atom. The van der Waals surface area contributed by atoms with E-state index in [1.54, 1.807) is 0 Å². The van der Waals surface area contributed by atoms with Crippen LogP contribution in [0.15, 0.2) is 209 Å². The first-order valence-corrected chi connectivity index (χ1v) is 23.6. The van der Waals surface area contributed by atoms with E-state index in [1.165, 1.54) is 94.6 Å². The van der Waals surface area contributed by atoms with Gasteiger partial charge in [-0.2, -0.15) is 0 Å². The van der Waals surface area contributed by atoms with Crippen molar-refractivity contribution >= 4 is 22.7 Å². The van der Waals surface area contributed by atoms with Gasteiger partial charge in [0.15, 0.2) is 5.84 Å². The molecule has 0 atom stereocenters. The second-order valence-electron chi connectivity index (χ2n) is 17.7. The number of fused-ring (bicyclic) bond motifs is 3. The van der Waals surface area contributed by atoms with Crippen molar-refractivity contribution in [1.82, 2.24) is 0 Å². The molecule has 0 saturated heterocycles. The second-order valence-corrected chi connectivity index (χ2v) is 17.7. The molecule has 0 saturated carbocycles. The summed E-state index contributed by atoms with van der Waals surface area (Å²) in [7, 11) is 0. The quantitative estimate of drug-likeness (QED) is 0.0916. The number of benzene rings is 7. The third-order valence-corrected chi connectivity index (χ3v) is 13.6. The molecule has 318 valence electrons. The fraction of sp³-hybridized carbons (Fsp3) is 0.175. The molecule has 7 aromatic rings.